The molecule has 84 valence electrons. The van der Waals surface area contributed by atoms with Crippen molar-refractivity contribution in [2.75, 3.05) is 11.4 Å². The molecule has 1 aliphatic rings. The molecule has 1 fully saturated rings. The summed E-state index contributed by atoms with van der Waals surface area (Å²) in [7, 11) is 0. The molecule has 0 saturated carbocycles. The summed E-state index contributed by atoms with van der Waals surface area (Å²) in [6.07, 6.45) is 1.11. The number of rotatable bonds is 1. The van der Waals surface area contributed by atoms with Crippen molar-refractivity contribution in [1.82, 2.24) is 0 Å². The number of amides is 1. The number of nitrogens with zero attached hydrogens (tertiary/aromatic N) is 1. The third-order valence-corrected chi connectivity index (χ3v) is 3.30. The van der Waals surface area contributed by atoms with Crippen molar-refractivity contribution in [2.24, 2.45) is 0 Å². The van der Waals surface area contributed by atoms with Crippen molar-refractivity contribution in [3.8, 4) is 0 Å². The molecule has 0 bridgehead atoms. The Kier molecular flexibility index (Phi) is 3.10. The Hall–Kier alpha value is -1.16. The summed E-state index contributed by atoms with van der Waals surface area (Å²) in [5.74, 6) is -0.686. The first-order valence-corrected chi connectivity index (χ1v) is 6.00. The smallest absolute Gasteiger partial charge is 0.294 e. The lowest BCUT2D eigenvalue weighted by Crippen LogP contribution is -2.41. The van der Waals surface area contributed by atoms with Crippen LogP contribution in [0.2, 0.25) is 0 Å². The quantitative estimate of drug-likeness (QED) is 0.742. The maximum atomic E-state index is 11.7. The van der Waals surface area contributed by atoms with E-state index in [0.717, 1.165) is 22.1 Å². The first-order chi connectivity index (χ1) is 7.59. The van der Waals surface area contributed by atoms with Crippen LogP contribution in [0.15, 0.2) is 22.7 Å². The third kappa shape index (κ3) is 2.02. The zero-order chi connectivity index (χ0) is 11.7. The van der Waals surface area contributed by atoms with Crippen LogP contribution in [-0.2, 0) is 9.59 Å². The Morgan fingerprint density at radius 2 is 2.06 bits per heavy atom. The van der Waals surface area contributed by atoms with Gasteiger partial charge in [0.15, 0.2) is 0 Å². The second kappa shape index (κ2) is 4.37. The normalized spacial score (nSPS) is 16.8. The minimum absolute atomic E-state index is 0.293. The molecule has 1 amide bonds. The lowest BCUT2D eigenvalue weighted by molar-refractivity contribution is -0.137. The van der Waals surface area contributed by atoms with E-state index in [1.165, 1.54) is 0 Å². The van der Waals surface area contributed by atoms with Crippen LogP contribution in [0, 0.1) is 6.92 Å². The highest BCUT2D eigenvalue weighted by atomic mass is 79.9. The SMILES string of the molecule is Cc1ccc(N2CCCC(=O)C2=O)c(Br)c1. The summed E-state index contributed by atoms with van der Waals surface area (Å²) in [6.45, 7) is 2.60. The van der Waals surface area contributed by atoms with Crippen LogP contribution in [-0.4, -0.2) is 18.2 Å². The van der Waals surface area contributed by atoms with Crippen molar-refractivity contribution in [1.29, 1.82) is 0 Å². The molecule has 0 N–H and O–H groups in total. The summed E-state index contributed by atoms with van der Waals surface area (Å²) in [6, 6.07) is 5.75. The highest BCUT2D eigenvalue weighted by Crippen LogP contribution is 2.29. The Balaban J connectivity index is 2.36. The van der Waals surface area contributed by atoms with Gasteiger partial charge in [0.1, 0.15) is 0 Å². The number of Topliss-reactive ketones (excluding diaryl/α,β-unsaturated/α-hetero) is 1. The molecule has 16 heavy (non-hydrogen) atoms. The molecular weight excluding hydrogens is 270 g/mol. The number of hydrogen-bond donors (Lipinski definition) is 0. The van der Waals surface area contributed by atoms with E-state index in [9.17, 15) is 9.59 Å². The van der Waals surface area contributed by atoms with Crippen molar-refractivity contribution < 1.29 is 9.59 Å². The molecule has 1 aromatic carbocycles. The van der Waals surface area contributed by atoms with E-state index >= 15 is 0 Å². The van der Waals surface area contributed by atoms with Gasteiger partial charge in [-0.05, 0) is 47.0 Å². The van der Waals surface area contributed by atoms with Gasteiger partial charge < -0.3 is 4.90 Å². The van der Waals surface area contributed by atoms with Crippen LogP contribution in [0.25, 0.3) is 0 Å². The number of carbonyl (C=O) groups is 2. The maximum Gasteiger partial charge on any atom is 0.294 e. The minimum atomic E-state index is -0.393. The molecule has 0 spiro atoms. The molecule has 0 aromatic heterocycles. The van der Waals surface area contributed by atoms with Crippen LogP contribution >= 0.6 is 15.9 Å². The Morgan fingerprint density at radius 3 is 2.75 bits per heavy atom. The van der Waals surface area contributed by atoms with Gasteiger partial charge in [-0.1, -0.05) is 6.07 Å². The number of anilines is 1. The molecule has 1 aliphatic heterocycles. The van der Waals surface area contributed by atoms with Crippen LogP contribution in [0.1, 0.15) is 18.4 Å². The van der Waals surface area contributed by atoms with E-state index in [4.69, 9.17) is 0 Å². The molecule has 1 heterocycles. The van der Waals surface area contributed by atoms with E-state index in [2.05, 4.69) is 15.9 Å². The molecule has 0 atom stereocenters. The lowest BCUT2D eigenvalue weighted by Gasteiger charge is -2.26. The number of benzene rings is 1. The van der Waals surface area contributed by atoms with Gasteiger partial charge in [-0.3, -0.25) is 9.59 Å². The number of carbonyl (C=O) groups excluding carboxylic acids is 2. The predicted octanol–water partition coefficient (Wildman–Crippen LogP) is 2.45. The zero-order valence-corrected chi connectivity index (χ0v) is 10.6. The second-order valence-corrected chi connectivity index (χ2v) is 4.79. The molecule has 3 nitrogen and oxygen atoms in total. The van der Waals surface area contributed by atoms with E-state index in [1.54, 1.807) is 4.90 Å². The summed E-state index contributed by atoms with van der Waals surface area (Å²) >= 11 is 3.42. The summed E-state index contributed by atoms with van der Waals surface area (Å²) < 4.78 is 0.857. The Morgan fingerprint density at radius 1 is 1.31 bits per heavy atom. The van der Waals surface area contributed by atoms with Crippen molar-refractivity contribution in [3.63, 3.8) is 0 Å². The molecule has 0 unspecified atom stereocenters. The average molecular weight is 282 g/mol. The zero-order valence-electron chi connectivity index (χ0n) is 9.00. The fraction of sp³-hybridized carbons (Fsp3) is 0.333. The molecule has 4 heteroatoms. The second-order valence-electron chi connectivity index (χ2n) is 3.94. The monoisotopic (exact) mass is 281 g/mol. The third-order valence-electron chi connectivity index (χ3n) is 2.66. The summed E-state index contributed by atoms with van der Waals surface area (Å²) in [5, 5.41) is 0. The van der Waals surface area contributed by atoms with E-state index in [-0.39, 0.29) is 5.78 Å². The topological polar surface area (TPSA) is 37.4 Å². The van der Waals surface area contributed by atoms with Crippen LogP contribution < -0.4 is 4.90 Å². The molecule has 0 aliphatic carbocycles. The molecule has 1 aromatic rings. The number of ketones is 1. The number of aryl methyl sites for hydroxylation is 1. The van der Waals surface area contributed by atoms with Crippen LogP contribution in [0.4, 0.5) is 5.69 Å². The van der Waals surface area contributed by atoms with E-state index in [1.807, 2.05) is 25.1 Å². The first-order valence-electron chi connectivity index (χ1n) is 5.20. The Labute approximate surface area is 103 Å². The highest BCUT2D eigenvalue weighted by molar-refractivity contribution is 9.10. The van der Waals surface area contributed by atoms with Crippen LogP contribution in [0.3, 0.4) is 0 Å². The summed E-state index contributed by atoms with van der Waals surface area (Å²) in [4.78, 5) is 24.6. The standard InChI is InChI=1S/C12H12BrNO2/c1-8-4-5-10(9(13)7-8)14-6-2-3-11(15)12(14)16/h4-5,7H,2-3,6H2,1H3. The van der Waals surface area contributed by atoms with Gasteiger partial charge in [-0.15, -0.1) is 0 Å². The lowest BCUT2D eigenvalue weighted by atomic mass is 10.1. The van der Waals surface area contributed by atoms with Gasteiger partial charge in [-0.2, -0.15) is 0 Å². The van der Waals surface area contributed by atoms with Gasteiger partial charge in [0.2, 0.25) is 5.78 Å². The predicted molar refractivity (Wildman–Crippen MR) is 65.5 cm³/mol. The van der Waals surface area contributed by atoms with Crippen molar-refractivity contribution in [2.45, 2.75) is 19.8 Å². The average Bonchev–Trinajstić information content (AvgIpc) is 2.23. The Bertz CT molecular complexity index is 456. The first kappa shape index (κ1) is 11.3. The summed E-state index contributed by atoms with van der Waals surface area (Å²) in [5.41, 5.74) is 1.90. The van der Waals surface area contributed by atoms with E-state index < -0.39 is 5.91 Å². The fourth-order valence-corrected chi connectivity index (χ4v) is 2.52. The maximum absolute atomic E-state index is 11.7. The largest absolute Gasteiger partial charge is 0.305 e. The minimum Gasteiger partial charge on any atom is -0.305 e. The molecule has 0 radical (unpaired) electrons. The van der Waals surface area contributed by atoms with Crippen molar-refractivity contribution >= 4 is 33.3 Å². The number of halogens is 1. The molecular formula is C12H12BrNO2. The van der Waals surface area contributed by atoms with Crippen LogP contribution in [0.5, 0.6) is 0 Å². The van der Waals surface area contributed by atoms with E-state index in [0.29, 0.717) is 13.0 Å². The molecule has 2 rings (SSSR count). The van der Waals surface area contributed by atoms with Gasteiger partial charge in [0.25, 0.3) is 5.91 Å². The fourth-order valence-electron chi connectivity index (χ4n) is 1.82. The number of hydrogen-bond acceptors (Lipinski definition) is 2. The van der Waals surface area contributed by atoms with Gasteiger partial charge >= 0.3 is 0 Å². The number of piperidine rings is 1. The van der Waals surface area contributed by atoms with Gasteiger partial charge in [0, 0.05) is 17.4 Å². The van der Waals surface area contributed by atoms with Gasteiger partial charge in [0.05, 0.1) is 5.69 Å². The van der Waals surface area contributed by atoms with Crippen molar-refractivity contribution in [3.05, 3.63) is 28.2 Å². The molecule has 1 saturated heterocycles. The highest BCUT2D eigenvalue weighted by Gasteiger charge is 2.28. The van der Waals surface area contributed by atoms with Gasteiger partial charge in [-0.25, -0.2) is 0 Å².